The molecule has 16 heavy (non-hydrogen) atoms. The van der Waals surface area contributed by atoms with Crippen LogP contribution in [0, 0.1) is 5.92 Å². The smallest absolute Gasteiger partial charge is 0.225 e. The molecule has 1 aliphatic heterocycles. The van der Waals surface area contributed by atoms with Gasteiger partial charge < -0.3 is 15.1 Å². The summed E-state index contributed by atoms with van der Waals surface area (Å²) in [5, 5.41) is 2.87. The van der Waals surface area contributed by atoms with Crippen LogP contribution in [-0.4, -0.2) is 61.9 Å². The van der Waals surface area contributed by atoms with Crippen LogP contribution in [0.4, 0.5) is 0 Å². The van der Waals surface area contributed by atoms with Crippen LogP contribution in [0.25, 0.3) is 0 Å². The second kappa shape index (κ2) is 5.30. The van der Waals surface area contributed by atoms with Crippen LogP contribution in [0.2, 0.25) is 0 Å². The predicted molar refractivity (Wildman–Crippen MR) is 61.9 cm³/mol. The van der Waals surface area contributed by atoms with Crippen LogP contribution < -0.4 is 5.32 Å². The van der Waals surface area contributed by atoms with E-state index in [9.17, 15) is 9.59 Å². The van der Waals surface area contributed by atoms with Gasteiger partial charge in [-0.3, -0.25) is 9.59 Å². The predicted octanol–water partition coefficient (Wildman–Crippen LogP) is -0.469. The standard InChI is InChI=1S/C11H21N3O2/c1-8-9(7-10(15)14(8)4)11(16)12-5-6-13(2)3/h8-9H,5-7H2,1-4H3,(H,12,16)/t8-,9+/m1/s1. The van der Waals surface area contributed by atoms with Crippen molar-refractivity contribution in [2.75, 3.05) is 34.2 Å². The Bertz CT molecular complexity index is 278. The molecule has 1 aliphatic rings. The van der Waals surface area contributed by atoms with Crippen molar-refractivity contribution in [3.8, 4) is 0 Å². The molecule has 5 nitrogen and oxygen atoms in total. The average Bonchev–Trinajstić information content (AvgIpc) is 2.45. The fourth-order valence-corrected chi connectivity index (χ4v) is 1.85. The highest BCUT2D eigenvalue weighted by atomic mass is 16.2. The summed E-state index contributed by atoms with van der Waals surface area (Å²) in [5.74, 6) is -0.146. The summed E-state index contributed by atoms with van der Waals surface area (Å²) in [7, 11) is 5.67. The first kappa shape index (κ1) is 13.0. The van der Waals surface area contributed by atoms with E-state index in [2.05, 4.69) is 5.32 Å². The van der Waals surface area contributed by atoms with Gasteiger partial charge in [0.15, 0.2) is 0 Å². The third kappa shape index (κ3) is 2.95. The zero-order valence-electron chi connectivity index (χ0n) is 10.5. The number of hydrogen-bond acceptors (Lipinski definition) is 3. The molecule has 0 radical (unpaired) electrons. The lowest BCUT2D eigenvalue weighted by Gasteiger charge is -2.20. The maximum atomic E-state index is 11.8. The van der Waals surface area contributed by atoms with E-state index in [1.807, 2.05) is 25.9 Å². The molecule has 0 spiro atoms. The Morgan fingerprint density at radius 3 is 2.62 bits per heavy atom. The molecule has 2 atom stereocenters. The van der Waals surface area contributed by atoms with Crippen molar-refractivity contribution in [2.24, 2.45) is 5.92 Å². The molecule has 1 saturated heterocycles. The monoisotopic (exact) mass is 227 g/mol. The normalized spacial score (nSPS) is 25.3. The zero-order chi connectivity index (χ0) is 12.3. The molecule has 0 aromatic carbocycles. The summed E-state index contributed by atoms with van der Waals surface area (Å²) in [6.45, 7) is 3.37. The van der Waals surface area contributed by atoms with E-state index in [4.69, 9.17) is 0 Å². The van der Waals surface area contributed by atoms with Crippen LogP contribution >= 0.6 is 0 Å². The molecule has 1 N–H and O–H groups in total. The van der Waals surface area contributed by atoms with Crippen molar-refractivity contribution in [3.05, 3.63) is 0 Å². The molecule has 0 saturated carbocycles. The molecule has 1 fully saturated rings. The Morgan fingerprint density at radius 2 is 2.19 bits per heavy atom. The summed E-state index contributed by atoms with van der Waals surface area (Å²) >= 11 is 0. The summed E-state index contributed by atoms with van der Waals surface area (Å²) in [6.07, 6.45) is 0.339. The quantitative estimate of drug-likeness (QED) is 0.706. The summed E-state index contributed by atoms with van der Waals surface area (Å²) < 4.78 is 0. The van der Waals surface area contributed by atoms with Gasteiger partial charge in [0.25, 0.3) is 0 Å². The first-order chi connectivity index (χ1) is 7.43. The SMILES string of the molecule is C[C@@H]1[C@@H](C(=O)NCCN(C)C)CC(=O)N1C. The minimum atomic E-state index is -0.195. The first-order valence-corrected chi connectivity index (χ1v) is 5.61. The van der Waals surface area contributed by atoms with E-state index >= 15 is 0 Å². The Balaban J connectivity index is 2.40. The highest BCUT2D eigenvalue weighted by molar-refractivity contribution is 5.89. The molecule has 2 amide bonds. The van der Waals surface area contributed by atoms with Gasteiger partial charge >= 0.3 is 0 Å². The number of carbonyl (C=O) groups excluding carboxylic acids is 2. The van der Waals surface area contributed by atoms with Crippen molar-refractivity contribution >= 4 is 11.8 Å². The largest absolute Gasteiger partial charge is 0.354 e. The Labute approximate surface area is 96.8 Å². The lowest BCUT2D eigenvalue weighted by Crippen LogP contribution is -2.39. The first-order valence-electron chi connectivity index (χ1n) is 5.61. The number of rotatable bonds is 4. The number of likely N-dealkylation sites (N-methyl/N-ethyl adjacent to an activating group) is 1. The van der Waals surface area contributed by atoms with Crippen LogP contribution in [0.15, 0.2) is 0 Å². The van der Waals surface area contributed by atoms with E-state index in [1.54, 1.807) is 11.9 Å². The van der Waals surface area contributed by atoms with Crippen molar-refractivity contribution in [1.29, 1.82) is 0 Å². The fraction of sp³-hybridized carbons (Fsp3) is 0.818. The molecular weight excluding hydrogens is 206 g/mol. The Hall–Kier alpha value is -1.10. The van der Waals surface area contributed by atoms with Gasteiger partial charge in [0.1, 0.15) is 0 Å². The molecule has 0 aromatic heterocycles. The lowest BCUT2D eigenvalue weighted by molar-refractivity contribution is -0.128. The van der Waals surface area contributed by atoms with Gasteiger partial charge in [-0.25, -0.2) is 0 Å². The number of amides is 2. The van der Waals surface area contributed by atoms with E-state index in [0.29, 0.717) is 13.0 Å². The van der Waals surface area contributed by atoms with Gasteiger partial charge in [0.05, 0.1) is 5.92 Å². The number of hydrogen-bond donors (Lipinski definition) is 1. The molecular formula is C11H21N3O2. The summed E-state index contributed by atoms with van der Waals surface area (Å²) in [6, 6.07) is 0.00635. The van der Waals surface area contributed by atoms with Crippen molar-refractivity contribution in [2.45, 2.75) is 19.4 Å². The van der Waals surface area contributed by atoms with Crippen molar-refractivity contribution < 1.29 is 9.59 Å². The second-order valence-corrected chi connectivity index (χ2v) is 4.65. The van der Waals surface area contributed by atoms with Gasteiger partial charge in [-0.15, -0.1) is 0 Å². The van der Waals surface area contributed by atoms with Crippen LogP contribution in [0.5, 0.6) is 0 Å². The third-order valence-corrected chi connectivity index (χ3v) is 3.18. The zero-order valence-corrected chi connectivity index (χ0v) is 10.5. The van der Waals surface area contributed by atoms with Gasteiger partial charge in [0.2, 0.25) is 11.8 Å². The topological polar surface area (TPSA) is 52.7 Å². The number of carbonyl (C=O) groups is 2. The highest BCUT2D eigenvalue weighted by Gasteiger charge is 2.38. The van der Waals surface area contributed by atoms with Crippen LogP contribution in [0.3, 0.4) is 0 Å². The molecule has 92 valence electrons. The average molecular weight is 227 g/mol. The molecule has 5 heteroatoms. The van der Waals surface area contributed by atoms with E-state index < -0.39 is 0 Å². The fourth-order valence-electron chi connectivity index (χ4n) is 1.85. The maximum Gasteiger partial charge on any atom is 0.225 e. The highest BCUT2D eigenvalue weighted by Crippen LogP contribution is 2.23. The van der Waals surface area contributed by atoms with Gasteiger partial charge in [-0.05, 0) is 21.0 Å². The van der Waals surface area contributed by atoms with Crippen LogP contribution in [-0.2, 0) is 9.59 Å². The lowest BCUT2D eigenvalue weighted by atomic mass is 10.0. The summed E-state index contributed by atoms with van der Waals surface area (Å²) in [5.41, 5.74) is 0. The molecule has 0 bridgehead atoms. The van der Waals surface area contributed by atoms with E-state index in [1.165, 1.54) is 0 Å². The van der Waals surface area contributed by atoms with Gasteiger partial charge in [-0.1, -0.05) is 0 Å². The molecule has 1 rings (SSSR count). The summed E-state index contributed by atoms with van der Waals surface area (Å²) in [4.78, 5) is 26.9. The van der Waals surface area contributed by atoms with Gasteiger partial charge in [0, 0.05) is 32.6 Å². The maximum absolute atomic E-state index is 11.8. The number of likely N-dealkylation sites (tertiary alicyclic amines) is 1. The molecule has 0 unspecified atom stereocenters. The van der Waals surface area contributed by atoms with Crippen LogP contribution in [0.1, 0.15) is 13.3 Å². The molecule has 1 heterocycles. The number of nitrogens with one attached hydrogen (secondary N) is 1. The Kier molecular flexibility index (Phi) is 4.29. The minimum Gasteiger partial charge on any atom is -0.354 e. The Morgan fingerprint density at radius 1 is 1.56 bits per heavy atom. The van der Waals surface area contributed by atoms with E-state index in [0.717, 1.165) is 6.54 Å². The molecule has 0 aromatic rings. The van der Waals surface area contributed by atoms with Crippen molar-refractivity contribution in [3.63, 3.8) is 0 Å². The molecule has 0 aliphatic carbocycles. The minimum absolute atomic E-state index is 0.00635. The van der Waals surface area contributed by atoms with Crippen molar-refractivity contribution in [1.82, 2.24) is 15.1 Å². The third-order valence-electron chi connectivity index (χ3n) is 3.18. The van der Waals surface area contributed by atoms with E-state index in [-0.39, 0.29) is 23.8 Å². The second-order valence-electron chi connectivity index (χ2n) is 4.65. The van der Waals surface area contributed by atoms with Gasteiger partial charge in [-0.2, -0.15) is 0 Å². The number of nitrogens with zero attached hydrogens (tertiary/aromatic N) is 2.